The molecule has 1 aliphatic heterocycles. The average Bonchev–Trinajstić information content (AvgIpc) is 3.36. The lowest BCUT2D eigenvalue weighted by molar-refractivity contribution is -0.384. The quantitative estimate of drug-likeness (QED) is 0.315. The molecule has 0 atom stereocenters. The van der Waals surface area contributed by atoms with E-state index in [1.165, 1.54) is 23.5 Å². The Morgan fingerprint density at radius 3 is 2.56 bits per heavy atom. The van der Waals surface area contributed by atoms with Crippen LogP contribution < -0.4 is 4.80 Å². The van der Waals surface area contributed by atoms with Crippen LogP contribution in [-0.4, -0.2) is 33.4 Å². The first-order valence-electron chi connectivity index (χ1n) is 10.1. The third-order valence-electron chi connectivity index (χ3n) is 5.28. The van der Waals surface area contributed by atoms with Crippen LogP contribution >= 0.6 is 34.5 Å². The van der Waals surface area contributed by atoms with Crippen molar-refractivity contribution in [2.45, 2.75) is 25.8 Å². The molecule has 1 saturated heterocycles. The SMILES string of the molecule is O=C1CCCN1CCCn1c(-c2ccc([N+](=O)[O-])cc2)csc1=Nc1ccc(Cl)cc1Cl. The molecule has 2 heterocycles. The fourth-order valence-electron chi connectivity index (χ4n) is 3.65. The maximum absolute atomic E-state index is 11.9. The summed E-state index contributed by atoms with van der Waals surface area (Å²) in [4.78, 5) is 29.9. The summed E-state index contributed by atoms with van der Waals surface area (Å²) >= 11 is 13.8. The number of hydrogen-bond donors (Lipinski definition) is 0. The molecular weight excluding hydrogens is 471 g/mol. The number of halogens is 2. The first-order chi connectivity index (χ1) is 15.4. The number of nitro benzene ring substituents is 1. The zero-order valence-electron chi connectivity index (χ0n) is 17.0. The van der Waals surface area contributed by atoms with Crippen LogP contribution in [0.5, 0.6) is 0 Å². The molecule has 0 bridgehead atoms. The first-order valence-corrected chi connectivity index (χ1v) is 11.8. The summed E-state index contributed by atoms with van der Waals surface area (Å²) < 4.78 is 2.07. The minimum absolute atomic E-state index is 0.0425. The molecule has 166 valence electrons. The lowest BCUT2D eigenvalue weighted by atomic mass is 10.1. The van der Waals surface area contributed by atoms with Crippen LogP contribution in [0.4, 0.5) is 11.4 Å². The molecule has 0 saturated carbocycles. The monoisotopic (exact) mass is 490 g/mol. The zero-order valence-corrected chi connectivity index (χ0v) is 19.4. The Balaban J connectivity index is 1.68. The minimum Gasteiger partial charge on any atom is -0.343 e. The molecule has 0 N–H and O–H groups in total. The highest BCUT2D eigenvalue weighted by Gasteiger charge is 2.19. The van der Waals surface area contributed by atoms with Gasteiger partial charge in [0.25, 0.3) is 5.69 Å². The number of rotatable bonds is 7. The highest BCUT2D eigenvalue weighted by Crippen LogP contribution is 2.28. The van der Waals surface area contributed by atoms with E-state index in [4.69, 9.17) is 28.2 Å². The molecule has 1 aromatic heterocycles. The van der Waals surface area contributed by atoms with Gasteiger partial charge in [-0.2, -0.15) is 0 Å². The topological polar surface area (TPSA) is 80.7 Å². The van der Waals surface area contributed by atoms with Crippen molar-refractivity contribution in [2.75, 3.05) is 13.1 Å². The average molecular weight is 491 g/mol. The Morgan fingerprint density at radius 2 is 1.91 bits per heavy atom. The number of non-ortho nitro benzene ring substituents is 1. The summed E-state index contributed by atoms with van der Waals surface area (Å²) in [7, 11) is 0. The summed E-state index contributed by atoms with van der Waals surface area (Å²) in [6.07, 6.45) is 2.30. The molecule has 0 spiro atoms. The summed E-state index contributed by atoms with van der Waals surface area (Å²) in [6.45, 7) is 2.13. The van der Waals surface area contributed by atoms with E-state index in [2.05, 4.69) is 4.57 Å². The predicted molar refractivity (Wildman–Crippen MR) is 127 cm³/mol. The number of benzene rings is 2. The number of hydrogen-bond acceptors (Lipinski definition) is 5. The molecular formula is C22H20Cl2N4O3S. The lowest BCUT2D eigenvalue weighted by Gasteiger charge is -2.16. The molecule has 3 aromatic rings. The van der Waals surface area contributed by atoms with Crippen LogP contribution in [0, 0.1) is 10.1 Å². The standard InChI is InChI=1S/C22H20Cl2N4O3S/c23-16-6-9-19(18(24)13-16)25-22-27(12-2-11-26-10-1-3-21(26)29)20(14-32-22)15-4-7-17(8-5-15)28(30)31/h4-9,13-14H,1-3,10-12H2. The van der Waals surface area contributed by atoms with Gasteiger partial charge < -0.3 is 9.47 Å². The third kappa shape index (κ3) is 5.03. The highest BCUT2D eigenvalue weighted by atomic mass is 35.5. The van der Waals surface area contributed by atoms with Crippen LogP contribution in [0.25, 0.3) is 11.3 Å². The van der Waals surface area contributed by atoms with Crippen LogP contribution in [0.1, 0.15) is 19.3 Å². The van der Waals surface area contributed by atoms with Gasteiger partial charge in [-0.1, -0.05) is 23.2 Å². The van der Waals surface area contributed by atoms with E-state index < -0.39 is 4.92 Å². The maximum atomic E-state index is 11.9. The van der Waals surface area contributed by atoms with Gasteiger partial charge in [-0.25, -0.2) is 4.99 Å². The van der Waals surface area contributed by atoms with E-state index in [0.717, 1.165) is 35.4 Å². The molecule has 4 rings (SSSR count). The third-order valence-corrected chi connectivity index (χ3v) is 6.68. The lowest BCUT2D eigenvalue weighted by Crippen LogP contribution is -2.27. The largest absolute Gasteiger partial charge is 0.343 e. The van der Waals surface area contributed by atoms with Crippen molar-refractivity contribution in [1.82, 2.24) is 9.47 Å². The van der Waals surface area contributed by atoms with Gasteiger partial charge in [-0.3, -0.25) is 14.9 Å². The normalized spacial score (nSPS) is 14.4. The van der Waals surface area contributed by atoms with Crippen molar-refractivity contribution >= 4 is 51.8 Å². The number of aromatic nitrogens is 1. The zero-order chi connectivity index (χ0) is 22.7. The van der Waals surface area contributed by atoms with Crippen molar-refractivity contribution in [1.29, 1.82) is 0 Å². The van der Waals surface area contributed by atoms with Gasteiger partial charge in [-0.15, -0.1) is 11.3 Å². The second-order valence-corrected chi connectivity index (χ2v) is 9.08. The van der Waals surface area contributed by atoms with Gasteiger partial charge in [0, 0.05) is 48.6 Å². The number of likely N-dealkylation sites (tertiary alicyclic amines) is 1. The second-order valence-electron chi connectivity index (χ2n) is 7.40. The van der Waals surface area contributed by atoms with Gasteiger partial charge in [-0.05, 0) is 48.7 Å². The number of carbonyl (C=O) groups excluding carboxylic acids is 1. The Kier molecular flexibility index (Phi) is 6.93. The molecule has 0 aliphatic carbocycles. The Bertz CT molecular complexity index is 1220. The number of carbonyl (C=O) groups is 1. The van der Waals surface area contributed by atoms with Crippen molar-refractivity contribution in [2.24, 2.45) is 4.99 Å². The molecule has 2 aromatic carbocycles. The van der Waals surface area contributed by atoms with E-state index in [0.29, 0.717) is 35.2 Å². The molecule has 32 heavy (non-hydrogen) atoms. The van der Waals surface area contributed by atoms with E-state index in [9.17, 15) is 14.9 Å². The fourth-order valence-corrected chi connectivity index (χ4v) is 5.05. The van der Waals surface area contributed by atoms with Gasteiger partial charge in [0.05, 0.1) is 21.3 Å². The van der Waals surface area contributed by atoms with Crippen LogP contribution in [-0.2, 0) is 11.3 Å². The molecule has 10 heteroatoms. The Labute approximate surface area is 198 Å². The highest BCUT2D eigenvalue weighted by molar-refractivity contribution is 7.07. The second kappa shape index (κ2) is 9.85. The van der Waals surface area contributed by atoms with Crippen molar-refractivity contribution in [3.8, 4) is 11.3 Å². The van der Waals surface area contributed by atoms with E-state index in [1.54, 1.807) is 30.3 Å². The number of nitro groups is 1. The Hall–Kier alpha value is -2.68. The van der Waals surface area contributed by atoms with Crippen LogP contribution in [0.15, 0.2) is 52.8 Å². The smallest absolute Gasteiger partial charge is 0.269 e. The first kappa shape index (κ1) is 22.5. The summed E-state index contributed by atoms with van der Waals surface area (Å²) in [5, 5.41) is 14.0. The van der Waals surface area contributed by atoms with Gasteiger partial charge >= 0.3 is 0 Å². The van der Waals surface area contributed by atoms with E-state index in [-0.39, 0.29) is 11.6 Å². The van der Waals surface area contributed by atoms with Gasteiger partial charge in [0.2, 0.25) is 5.91 Å². The molecule has 1 amide bonds. The maximum Gasteiger partial charge on any atom is 0.269 e. The van der Waals surface area contributed by atoms with Crippen molar-refractivity contribution in [3.05, 3.63) is 72.8 Å². The summed E-state index contributed by atoms with van der Waals surface area (Å²) in [5.41, 5.74) is 2.41. The molecule has 0 unspecified atom stereocenters. The fraction of sp³-hybridized carbons (Fsp3) is 0.273. The number of amides is 1. The number of nitrogens with zero attached hydrogens (tertiary/aromatic N) is 4. The van der Waals surface area contributed by atoms with Crippen molar-refractivity contribution in [3.63, 3.8) is 0 Å². The Morgan fingerprint density at radius 1 is 1.12 bits per heavy atom. The van der Waals surface area contributed by atoms with Crippen LogP contribution in [0.3, 0.4) is 0 Å². The van der Waals surface area contributed by atoms with E-state index >= 15 is 0 Å². The summed E-state index contributed by atoms with van der Waals surface area (Å²) in [5.74, 6) is 0.203. The summed E-state index contributed by atoms with van der Waals surface area (Å²) in [6, 6.07) is 11.6. The molecule has 0 radical (unpaired) electrons. The molecule has 1 fully saturated rings. The minimum atomic E-state index is -0.415. The molecule has 7 nitrogen and oxygen atoms in total. The van der Waals surface area contributed by atoms with Crippen molar-refractivity contribution < 1.29 is 9.72 Å². The van der Waals surface area contributed by atoms with Crippen LogP contribution in [0.2, 0.25) is 10.0 Å². The van der Waals surface area contributed by atoms with Gasteiger partial charge in [0.15, 0.2) is 4.80 Å². The predicted octanol–water partition coefficient (Wildman–Crippen LogP) is 5.68. The number of thiazole rings is 1. The van der Waals surface area contributed by atoms with Gasteiger partial charge in [0.1, 0.15) is 0 Å². The van der Waals surface area contributed by atoms with E-state index in [1.807, 2.05) is 10.3 Å². The molecule has 1 aliphatic rings.